The molecule has 1 aromatic rings. The monoisotopic (exact) mass is 235 g/mol. The number of hydrogen-bond acceptors (Lipinski definition) is 2. The molecular weight excluding hydrogens is 214 g/mol. The van der Waals surface area contributed by atoms with Crippen molar-refractivity contribution in [2.75, 3.05) is 6.54 Å². The SMILES string of the molecule is Cc1cc(SC2CCCC2)ccc1CCN. The third kappa shape index (κ3) is 3.02. The smallest absolute Gasteiger partial charge is 0.00944 e. The molecular formula is C14H21NS. The maximum absolute atomic E-state index is 5.59. The summed E-state index contributed by atoms with van der Waals surface area (Å²) in [6, 6.07) is 6.84. The number of hydrogen-bond donors (Lipinski definition) is 1. The van der Waals surface area contributed by atoms with Crippen molar-refractivity contribution in [3.63, 3.8) is 0 Å². The van der Waals surface area contributed by atoms with E-state index < -0.39 is 0 Å². The molecule has 0 aliphatic heterocycles. The predicted octanol–water partition coefficient (Wildman–Crippen LogP) is 3.53. The van der Waals surface area contributed by atoms with E-state index in [1.807, 2.05) is 0 Å². The van der Waals surface area contributed by atoms with Crippen LogP contribution in [0.2, 0.25) is 0 Å². The zero-order valence-corrected chi connectivity index (χ0v) is 10.9. The summed E-state index contributed by atoms with van der Waals surface area (Å²) >= 11 is 2.06. The van der Waals surface area contributed by atoms with Crippen molar-refractivity contribution in [2.24, 2.45) is 5.73 Å². The van der Waals surface area contributed by atoms with E-state index in [1.165, 1.54) is 41.7 Å². The average molecular weight is 235 g/mol. The third-order valence-corrected chi connectivity index (χ3v) is 4.66. The Hall–Kier alpha value is -0.470. The Balaban J connectivity index is 2.02. The van der Waals surface area contributed by atoms with Crippen LogP contribution in [0.3, 0.4) is 0 Å². The van der Waals surface area contributed by atoms with Crippen LogP contribution in [0.25, 0.3) is 0 Å². The Bertz CT molecular complexity index is 343. The van der Waals surface area contributed by atoms with Crippen LogP contribution < -0.4 is 5.73 Å². The molecule has 88 valence electrons. The van der Waals surface area contributed by atoms with Gasteiger partial charge in [0.2, 0.25) is 0 Å². The minimum Gasteiger partial charge on any atom is -0.330 e. The van der Waals surface area contributed by atoms with Crippen LogP contribution in [-0.2, 0) is 6.42 Å². The van der Waals surface area contributed by atoms with Crippen LogP contribution in [0.1, 0.15) is 36.8 Å². The molecule has 0 amide bonds. The van der Waals surface area contributed by atoms with Crippen molar-refractivity contribution >= 4 is 11.8 Å². The fourth-order valence-corrected chi connectivity index (χ4v) is 3.72. The molecule has 1 fully saturated rings. The van der Waals surface area contributed by atoms with Crippen LogP contribution in [0.15, 0.2) is 23.1 Å². The number of thioether (sulfide) groups is 1. The van der Waals surface area contributed by atoms with Gasteiger partial charge >= 0.3 is 0 Å². The maximum Gasteiger partial charge on any atom is 0.00944 e. The Morgan fingerprint density at radius 1 is 1.31 bits per heavy atom. The molecule has 2 N–H and O–H groups in total. The molecule has 0 spiro atoms. The van der Waals surface area contributed by atoms with Crippen molar-refractivity contribution < 1.29 is 0 Å². The summed E-state index contributed by atoms with van der Waals surface area (Å²) < 4.78 is 0. The highest BCUT2D eigenvalue weighted by Gasteiger charge is 2.16. The second-order valence-corrected chi connectivity index (χ2v) is 6.03. The second-order valence-electron chi connectivity index (χ2n) is 4.65. The van der Waals surface area contributed by atoms with E-state index >= 15 is 0 Å². The van der Waals surface area contributed by atoms with E-state index in [-0.39, 0.29) is 0 Å². The second kappa shape index (κ2) is 5.74. The van der Waals surface area contributed by atoms with Gasteiger partial charge in [0, 0.05) is 10.1 Å². The predicted molar refractivity (Wildman–Crippen MR) is 72.1 cm³/mol. The van der Waals surface area contributed by atoms with Crippen LogP contribution >= 0.6 is 11.8 Å². The van der Waals surface area contributed by atoms with Crippen molar-refractivity contribution in [3.05, 3.63) is 29.3 Å². The molecule has 16 heavy (non-hydrogen) atoms. The van der Waals surface area contributed by atoms with Gasteiger partial charge in [0.15, 0.2) is 0 Å². The highest BCUT2D eigenvalue weighted by atomic mass is 32.2. The molecule has 1 nitrogen and oxygen atoms in total. The van der Waals surface area contributed by atoms with Gasteiger partial charge in [0.1, 0.15) is 0 Å². The summed E-state index contributed by atoms with van der Waals surface area (Å²) in [6.07, 6.45) is 6.63. The lowest BCUT2D eigenvalue weighted by molar-refractivity contribution is 0.886. The molecule has 0 radical (unpaired) electrons. The Labute approximate surface area is 103 Å². The fourth-order valence-electron chi connectivity index (χ4n) is 2.38. The van der Waals surface area contributed by atoms with E-state index in [1.54, 1.807) is 0 Å². The van der Waals surface area contributed by atoms with Crippen LogP contribution in [-0.4, -0.2) is 11.8 Å². The lowest BCUT2D eigenvalue weighted by Crippen LogP contribution is -2.04. The molecule has 1 aromatic carbocycles. The lowest BCUT2D eigenvalue weighted by atomic mass is 10.1. The summed E-state index contributed by atoms with van der Waals surface area (Å²) in [5.74, 6) is 0. The number of benzene rings is 1. The average Bonchev–Trinajstić information content (AvgIpc) is 2.75. The van der Waals surface area contributed by atoms with Gasteiger partial charge in [-0.05, 0) is 56.0 Å². The van der Waals surface area contributed by atoms with Crippen LogP contribution in [0, 0.1) is 6.92 Å². The first kappa shape index (κ1) is 12.0. The third-order valence-electron chi connectivity index (χ3n) is 3.33. The topological polar surface area (TPSA) is 26.0 Å². The van der Waals surface area contributed by atoms with Gasteiger partial charge in [-0.1, -0.05) is 18.9 Å². The summed E-state index contributed by atoms with van der Waals surface area (Å²) in [7, 11) is 0. The number of aryl methyl sites for hydroxylation is 1. The summed E-state index contributed by atoms with van der Waals surface area (Å²) in [4.78, 5) is 1.44. The van der Waals surface area contributed by atoms with E-state index in [2.05, 4.69) is 36.9 Å². The summed E-state index contributed by atoms with van der Waals surface area (Å²) in [5.41, 5.74) is 8.39. The van der Waals surface area contributed by atoms with Gasteiger partial charge in [-0.15, -0.1) is 11.8 Å². The van der Waals surface area contributed by atoms with Gasteiger partial charge < -0.3 is 5.73 Å². The first-order valence-corrected chi connectivity index (χ1v) is 7.14. The van der Waals surface area contributed by atoms with E-state index in [0.717, 1.165) is 18.2 Å². The maximum atomic E-state index is 5.59. The molecule has 1 aliphatic rings. The first-order chi connectivity index (χ1) is 7.79. The molecule has 0 bridgehead atoms. The van der Waals surface area contributed by atoms with Gasteiger partial charge in [0.25, 0.3) is 0 Å². The standard InChI is InChI=1S/C14H21NS/c1-11-10-14(7-6-12(11)8-9-15)16-13-4-2-3-5-13/h6-7,10,13H,2-5,8-9,15H2,1H3. The molecule has 0 heterocycles. The molecule has 0 aromatic heterocycles. The lowest BCUT2D eigenvalue weighted by Gasteiger charge is -2.11. The molecule has 0 atom stereocenters. The Morgan fingerprint density at radius 3 is 2.69 bits per heavy atom. The minimum atomic E-state index is 0.746. The summed E-state index contributed by atoms with van der Waals surface area (Å²) in [5, 5.41) is 0.861. The zero-order chi connectivity index (χ0) is 11.4. The van der Waals surface area contributed by atoms with Gasteiger partial charge in [0.05, 0.1) is 0 Å². The molecule has 0 unspecified atom stereocenters. The van der Waals surface area contributed by atoms with Crippen molar-refractivity contribution in [1.82, 2.24) is 0 Å². The van der Waals surface area contributed by atoms with Crippen molar-refractivity contribution in [3.8, 4) is 0 Å². The van der Waals surface area contributed by atoms with Crippen molar-refractivity contribution in [2.45, 2.75) is 49.2 Å². The normalized spacial score (nSPS) is 16.9. The van der Waals surface area contributed by atoms with Gasteiger partial charge in [-0.2, -0.15) is 0 Å². The van der Waals surface area contributed by atoms with Crippen molar-refractivity contribution in [1.29, 1.82) is 0 Å². The van der Waals surface area contributed by atoms with Crippen LogP contribution in [0.4, 0.5) is 0 Å². The Morgan fingerprint density at radius 2 is 2.06 bits per heavy atom. The Kier molecular flexibility index (Phi) is 4.30. The minimum absolute atomic E-state index is 0.746. The quantitative estimate of drug-likeness (QED) is 0.864. The largest absolute Gasteiger partial charge is 0.330 e. The van der Waals surface area contributed by atoms with E-state index in [9.17, 15) is 0 Å². The molecule has 2 heteroatoms. The fraction of sp³-hybridized carbons (Fsp3) is 0.571. The van der Waals surface area contributed by atoms with E-state index in [4.69, 9.17) is 5.73 Å². The molecule has 0 saturated heterocycles. The molecule has 2 rings (SSSR count). The number of nitrogens with two attached hydrogens (primary N) is 1. The summed E-state index contributed by atoms with van der Waals surface area (Å²) in [6.45, 7) is 2.94. The molecule has 1 aliphatic carbocycles. The number of rotatable bonds is 4. The molecule has 1 saturated carbocycles. The van der Waals surface area contributed by atoms with Gasteiger partial charge in [-0.3, -0.25) is 0 Å². The van der Waals surface area contributed by atoms with Crippen LogP contribution in [0.5, 0.6) is 0 Å². The first-order valence-electron chi connectivity index (χ1n) is 6.26. The van der Waals surface area contributed by atoms with E-state index in [0.29, 0.717) is 0 Å². The highest BCUT2D eigenvalue weighted by molar-refractivity contribution is 8.00. The zero-order valence-electron chi connectivity index (χ0n) is 10.0. The highest BCUT2D eigenvalue weighted by Crippen LogP contribution is 2.35. The van der Waals surface area contributed by atoms with Gasteiger partial charge in [-0.25, -0.2) is 0 Å².